The van der Waals surface area contributed by atoms with Gasteiger partial charge in [0.1, 0.15) is 5.75 Å². The van der Waals surface area contributed by atoms with Crippen molar-refractivity contribution in [3.8, 4) is 5.75 Å². The number of benzene rings is 2. The number of esters is 1. The van der Waals surface area contributed by atoms with E-state index in [4.69, 9.17) is 4.74 Å². The van der Waals surface area contributed by atoms with Crippen molar-refractivity contribution in [3.05, 3.63) is 53.6 Å². The summed E-state index contributed by atoms with van der Waals surface area (Å²) in [6.45, 7) is 4.26. The molecule has 0 radical (unpaired) electrons. The van der Waals surface area contributed by atoms with Gasteiger partial charge in [-0.2, -0.15) is 0 Å². The summed E-state index contributed by atoms with van der Waals surface area (Å²) >= 11 is 0. The molecule has 2 aliphatic heterocycles. The van der Waals surface area contributed by atoms with Gasteiger partial charge in [-0.05, 0) is 80.3 Å². The molecule has 2 heterocycles. The molecule has 7 heteroatoms. The van der Waals surface area contributed by atoms with Crippen LogP contribution in [0.2, 0.25) is 0 Å². The van der Waals surface area contributed by atoms with Crippen LogP contribution in [0.3, 0.4) is 0 Å². The van der Waals surface area contributed by atoms with E-state index >= 15 is 0 Å². The summed E-state index contributed by atoms with van der Waals surface area (Å²) in [5.74, 6) is -0.943. The van der Waals surface area contributed by atoms with Crippen LogP contribution in [0.1, 0.15) is 36.8 Å². The Balaban J connectivity index is 1.16. The number of fused-ring (bicyclic) bond motifs is 5. The number of hydrogen-bond acceptors (Lipinski definition) is 5. The maximum Gasteiger partial charge on any atom is 0.316 e. The Morgan fingerprint density at radius 3 is 2.29 bits per heavy atom. The Morgan fingerprint density at radius 1 is 0.886 bits per heavy atom. The van der Waals surface area contributed by atoms with Crippen LogP contribution in [0.25, 0.3) is 0 Å². The van der Waals surface area contributed by atoms with Crippen LogP contribution in [0, 0.1) is 43.4 Å². The number of anilines is 2. The normalized spacial score (nSPS) is 29.3. The van der Waals surface area contributed by atoms with Gasteiger partial charge in [-0.15, -0.1) is 0 Å². The third-order valence-corrected chi connectivity index (χ3v) is 8.48. The van der Waals surface area contributed by atoms with E-state index in [1.54, 1.807) is 29.2 Å². The third-order valence-electron chi connectivity index (χ3n) is 8.48. The predicted molar refractivity (Wildman–Crippen MR) is 129 cm³/mol. The molecule has 3 amide bonds. The quantitative estimate of drug-likeness (QED) is 0.384. The number of amides is 3. The standard InChI is InChI=1S/C28H28N2O5/c1-15-6-9-20(10-16(15)2)29-14-19(12-23(29)31)28(34)35-22-5-3-4-21(13-22)30-26(32)24-17-7-8-18(11-17)25(24)27(30)33/h3-6,9-10,13,17-19,24-25H,7-8,11-12,14H2,1-2H3/t17-,18-,19-,24-,25+/m0/s1. The zero-order chi connectivity index (χ0) is 24.4. The summed E-state index contributed by atoms with van der Waals surface area (Å²) < 4.78 is 5.63. The summed E-state index contributed by atoms with van der Waals surface area (Å²) in [5.41, 5.74) is 3.45. The zero-order valence-corrected chi connectivity index (χ0v) is 19.9. The fourth-order valence-corrected chi connectivity index (χ4v) is 6.56. The first-order chi connectivity index (χ1) is 16.8. The second-order valence-corrected chi connectivity index (χ2v) is 10.5. The molecule has 180 valence electrons. The van der Waals surface area contributed by atoms with E-state index in [1.165, 1.54) is 4.90 Å². The van der Waals surface area contributed by atoms with Gasteiger partial charge in [-0.1, -0.05) is 12.1 Å². The molecule has 0 spiro atoms. The highest BCUT2D eigenvalue weighted by molar-refractivity contribution is 6.22. The number of aryl methyl sites for hydroxylation is 2. The van der Waals surface area contributed by atoms with Crippen LogP contribution < -0.4 is 14.5 Å². The summed E-state index contributed by atoms with van der Waals surface area (Å²) in [5, 5.41) is 0. The predicted octanol–water partition coefficient (Wildman–Crippen LogP) is 3.80. The molecule has 0 unspecified atom stereocenters. The van der Waals surface area contributed by atoms with Crippen molar-refractivity contribution in [1.29, 1.82) is 0 Å². The van der Waals surface area contributed by atoms with E-state index in [2.05, 4.69) is 0 Å². The molecule has 2 saturated carbocycles. The van der Waals surface area contributed by atoms with Gasteiger partial charge in [0.25, 0.3) is 0 Å². The van der Waals surface area contributed by atoms with Gasteiger partial charge < -0.3 is 9.64 Å². The van der Waals surface area contributed by atoms with Crippen LogP contribution in [-0.2, 0) is 19.2 Å². The van der Waals surface area contributed by atoms with E-state index in [9.17, 15) is 19.2 Å². The Morgan fingerprint density at radius 2 is 1.60 bits per heavy atom. The van der Waals surface area contributed by atoms with Crippen LogP contribution in [0.5, 0.6) is 5.75 Å². The van der Waals surface area contributed by atoms with E-state index in [1.807, 2.05) is 32.0 Å². The van der Waals surface area contributed by atoms with Crippen molar-refractivity contribution in [2.75, 3.05) is 16.3 Å². The summed E-state index contributed by atoms with van der Waals surface area (Å²) in [7, 11) is 0. The number of rotatable bonds is 4. The molecule has 0 N–H and O–H groups in total. The number of carbonyl (C=O) groups is 4. The molecule has 0 aromatic heterocycles. The highest BCUT2D eigenvalue weighted by Crippen LogP contribution is 2.56. The monoisotopic (exact) mass is 472 g/mol. The molecule has 35 heavy (non-hydrogen) atoms. The molecule has 5 atom stereocenters. The van der Waals surface area contributed by atoms with Crippen molar-refractivity contribution >= 4 is 35.1 Å². The minimum atomic E-state index is -0.585. The molecule has 2 bridgehead atoms. The van der Waals surface area contributed by atoms with E-state index in [0.29, 0.717) is 17.5 Å². The topological polar surface area (TPSA) is 84.0 Å². The molecule has 4 aliphatic rings. The van der Waals surface area contributed by atoms with Gasteiger partial charge in [0.15, 0.2) is 0 Å². The number of carbonyl (C=O) groups excluding carboxylic acids is 4. The van der Waals surface area contributed by atoms with Gasteiger partial charge in [-0.25, -0.2) is 4.90 Å². The molecule has 2 aromatic carbocycles. The zero-order valence-electron chi connectivity index (χ0n) is 19.9. The third kappa shape index (κ3) is 3.48. The average Bonchev–Trinajstić information content (AvgIpc) is 3.59. The minimum Gasteiger partial charge on any atom is -0.426 e. The molecular weight excluding hydrogens is 444 g/mol. The van der Waals surface area contributed by atoms with Crippen molar-refractivity contribution in [1.82, 2.24) is 0 Å². The smallest absolute Gasteiger partial charge is 0.316 e. The van der Waals surface area contributed by atoms with Gasteiger partial charge >= 0.3 is 5.97 Å². The number of hydrogen-bond donors (Lipinski definition) is 0. The lowest BCUT2D eigenvalue weighted by Crippen LogP contribution is -2.32. The van der Waals surface area contributed by atoms with Crippen LogP contribution in [0.15, 0.2) is 42.5 Å². The first-order valence-corrected chi connectivity index (χ1v) is 12.4. The van der Waals surface area contributed by atoms with Crippen molar-refractivity contribution in [2.24, 2.45) is 29.6 Å². The second kappa shape index (κ2) is 8.04. The largest absolute Gasteiger partial charge is 0.426 e. The number of ether oxygens (including phenoxy) is 1. The highest BCUT2D eigenvalue weighted by atomic mass is 16.5. The van der Waals surface area contributed by atoms with Crippen LogP contribution in [0.4, 0.5) is 11.4 Å². The molecule has 6 rings (SSSR count). The summed E-state index contributed by atoms with van der Waals surface area (Å²) in [4.78, 5) is 54.7. The van der Waals surface area contributed by atoms with Gasteiger partial charge in [0.05, 0.1) is 23.4 Å². The van der Waals surface area contributed by atoms with E-state index < -0.39 is 11.9 Å². The van der Waals surface area contributed by atoms with Crippen molar-refractivity contribution < 1.29 is 23.9 Å². The lowest BCUT2D eigenvalue weighted by Gasteiger charge is -2.19. The average molecular weight is 473 g/mol. The number of imide groups is 1. The first-order valence-electron chi connectivity index (χ1n) is 12.4. The molecule has 2 aliphatic carbocycles. The van der Waals surface area contributed by atoms with E-state index in [0.717, 1.165) is 36.1 Å². The lowest BCUT2D eigenvalue weighted by atomic mass is 9.81. The molecule has 4 fully saturated rings. The second-order valence-electron chi connectivity index (χ2n) is 10.5. The fourth-order valence-electron chi connectivity index (χ4n) is 6.56. The lowest BCUT2D eigenvalue weighted by molar-refractivity contribution is -0.139. The first kappa shape index (κ1) is 22.0. The van der Waals surface area contributed by atoms with Crippen LogP contribution in [-0.4, -0.2) is 30.2 Å². The molecule has 7 nitrogen and oxygen atoms in total. The molecule has 2 saturated heterocycles. The molecule has 2 aromatic rings. The highest BCUT2D eigenvalue weighted by Gasteiger charge is 2.61. The Bertz CT molecular complexity index is 1240. The number of nitrogens with zero attached hydrogens (tertiary/aromatic N) is 2. The summed E-state index contributed by atoms with van der Waals surface area (Å²) in [6, 6.07) is 12.4. The van der Waals surface area contributed by atoms with Crippen molar-refractivity contribution in [2.45, 2.75) is 39.5 Å². The van der Waals surface area contributed by atoms with Gasteiger partial charge in [-0.3, -0.25) is 19.2 Å². The van der Waals surface area contributed by atoms with Gasteiger partial charge in [0, 0.05) is 24.7 Å². The van der Waals surface area contributed by atoms with Crippen LogP contribution >= 0.6 is 0 Å². The fraction of sp³-hybridized carbons (Fsp3) is 0.429. The van der Waals surface area contributed by atoms with E-state index in [-0.39, 0.29) is 48.3 Å². The maximum absolute atomic E-state index is 13.1. The van der Waals surface area contributed by atoms with Gasteiger partial charge in [0.2, 0.25) is 17.7 Å². The molecular formula is C28H28N2O5. The Hall–Kier alpha value is -3.48. The Kier molecular flexibility index (Phi) is 5.06. The summed E-state index contributed by atoms with van der Waals surface area (Å²) in [6.07, 6.45) is 3.11. The SMILES string of the molecule is Cc1ccc(N2C[C@@H](C(=O)Oc3cccc(N4C(=O)[C@@H]5[C@H]6CC[C@@H](C6)[C@@H]5C4=O)c3)CC2=O)cc1C. The minimum absolute atomic E-state index is 0.0840. The maximum atomic E-state index is 13.1. The van der Waals surface area contributed by atoms with Crippen molar-refractivity contribution in [3.63, 3.8) is 0 Å². The Labute approximate surface area is 204 Å².